The van der Waals surface area contributed by atoms with Gasteiger partial charge in [-0.25, -0.2) is 9.59 Å². The minimum absolute atomic E-state index is 0.0358. The van der Waals surface area contributed by atoms with Crippen LogP contribution in [0.4, 0.5) is 9.59 Å². The summed E-state index contributed by atoms with van der Waals surface area (Å²) in [5, 5.41) is 3.09. The summed E-state index contributed by atoms with van der Waals surface area (Å²) in [6, 6.07) is 8.34. The molecule has 2 saturated heterocycles. The highest BCUT2D eigenvalue weighted by Crippen LogP contribution is 2.65. The van der Waals surface area contributed by atoms with E-state index >= 15 is 0 Å². The third-order valence-electron chi connectivity index (χ3n) is 9.80. The van der Waals surface area contributed by atoms with Crippen molar-refractivity contribution in [2.75, 3.05) is 19.7 Å². The average Bonchev–Trinajstić information content (AvgIpc) is 3.24. The maximum absolute atomic E-state index is 13.1. The van der Waals surface area contributed by atoms with Gasteiger partial charge in [-0.2, -0.15) is 0 Å². The van der Waals surface area contributed by atoms with Crippen LogP contribution in [0.5, 0.6) is 0 Å². The Bertz CT molecular complexity index is 1090. The summed E-state index contributed by atoms with van der Waals surface area (Å²) >= 11 is 0. The first kappa shape index (κ1) is 29.2. The van der Waals surface area contributed by atoms with Gasteiger partial charge in [-0.3, -0.25) is 0 Å². The Labute approximate surface area is 240 Å². The van der Waals surface area contributed by atoms with Gasteiger partial charge in [0.2, 0.25) is 0 Å². The standard InChI is InChI=1S/C31H47BN2O6/c1-20-10-12-21(13-11-20)15-26(32-39-25-17-23-16-24(30(23,5)6)31(25,7)40-32)33-27(35)37-19-22-9-8-14-34(18-22)28(36)38-29(2,3)4/h10-13,22-26H,8-9,14-19H2,1-7H3,(H,33,35)/t22-,23-,24-,25+,26-,31-/m0/s1. The lowest BCUT2D eigenvalue weighted by molar-refractivity contribution is -0.199. The van der Waals surface area contributed by atoms with E-state index < -0.39 is 18.8 Å². The van der Waals surface area contributed by atoms with Crippen LogP contribution in [0.25, 0.3) is 0 Å². The Balaban J connectivity index is 1.21. The molecule has 220 valence electrons. The molecule has 1 N–H and O–H groups in total. The number of nitrogens with zero attached hydrogens (tertiary/aromatic N) is 1. The number of nitrogens with one attached hydrogen (secondary N) is 1. The highest BCUT2D eigenvalue weighted by atomic mass is 16.7. The maximum Gasteiger partial charge on any atom is 0.482 e. The van der Waals surface area contributed by atoms with Crippen LogP contribution in [-0.4, -0.2) is 67.1 Å². The number of ether oxygens (including phenoxy) is 2. The molecule has 2 heterocycles. The maximum atomic E-state index is 13.1. The summed E-state index contributed by atoms with van der Waals surface area (Å²) in [5.41, 5.74) is 1.65. The van der Waals surface area contributed by atoms with Crippen LogP contribution < -0.4 is 5.32 Å². The second kappa shape index (κ2) is 10.9. The van der Waals surface area contributed by atoms with E-state index in [4.69, 9.17) is 18.8 Å². The van der Waals surface area contributed by atoms with Crippen molar-refractivity contribution in [2.24, 2.45) is 23.2 Å². The van der Waals surface area contributed by atoms with E-state index in [1.807, 2.05) is 20.8 Å². The van der Waals surface area contributed by atoms with Crippen LogP contribution >= 0.6 is 0 Å². The zero-order valence-electron chi connectivity index (χ0n) is 25.3. The largest absolute Gasteiger partial charge is 0.482 e. The molecule has 1 aromatic carbocycles. The molecule has 6 atom stereocenters. The van der Waals surface area contributed by atoms with Crippen molar-refractivity contribution in [2.45, 2.75) is 104 Å². The molecule has 2 bridgehead atoms. The van der Waals surface area contributed by atoms with Gasteiger partial charge in [0, 0.05) is 19.0 Å². The SMILES string of the molecule is Cc1ccc(C[C@H](NC(=O)OC[C@H]2CCCN(C(=O)OC(C)(C)C)C2)B2O[C@@H]3C[C@@H]4C[C@@H](C4(C)C)[C@]3(C)O2)cc1. The van der Waals surface area contributed by atoms with Crippen molar-refractivity contribution in [3.8, 4) is 0 Å². The number of rotatable bonds is 6. The lowest BCUT2D eigenvalue weighted by Gasteiger charge is -2.64. The van der Waals surface area contributed by atoms with Crippen molar-refractivity contribution in [3.63, 3.8) is 0 Å². The molecule has 9 heteroatoms. The molecule has 5 aliphatic rings. The van der Waals surface area contributed by atoms with Gasteiger partial charge < -0.3 is 29.0 Å². The highest BCUT2D eigenvalue weighted by Gasteiger charge is 2.68. The molecular weight excluding hydrogens is 507 g/mol. The number of benzene rings is 1. The van der Waals surface area contributed by atoms with Crippen molar-refractivity contribution < 1.29 is 28.4 Å². The molecule has 2 aliphatic heterocycles. The fraction of sp³-hybridized carbons (Fsp3) is 0.742. The van der Waals surface area contributed by atoms with Crippen LogP contribution in [0.15, 0.2) is 24.3 Å². The highest BCUT2D eigenvalue weighted by molar-refractivity contribution is 6.47. The molecular formula is C31H47BN2O6. The lowest BCUT2D eigenvalue weighted by Crippen LogP contribution is -2.65. The number of amides is 2. The summed E-state index contributed by atoms with van der Waals surface area (Å²) < 4.78 is 24.5. The number of hydrogen-bond acceptors (Lipinski definition) is 6. The van der Waals surface area contributed by atoms with E-state index in [0.29, 0.717) is 31.3 Å². The van der Waals surface area contributed by atoms with E-state index in [-0.39, 0.29) is 41.7 Å². The average molecular weight is 555 g/mol. The van der Waals surface area contributed by atoms with E-state index in [1.54, 1.807) is 4.90 Å². The number of likely N-dealkylation sites (tertiary alicyclic amines) is 1. The fourth-order valence-corrected chi connectivity index (χ4v) is 7.34. The van der Waals surface area contributed by atoms with Gasteiger partial charge in [0.1, 0.15) is 5.60 Å². The molecule has 1 aromatic rings. The molecule has 8 nitrogen and oxygen atoms in total. The number of hydrogen-bond donors (Lipinski definition) is 1. The topological polar surface area (TPSA) is 86.3 Å². The zero-order valence-corrected chi connectivity index (χ0v) is 25.3. The molecule has 5 fully saturated rings. The van der Waals surface area contributed by atoms with Gasteiger partial charge in [-0.15, -0.1) is 0 Å². The summed E-state index contributed by atoms with van der Waals surface area (Å²) in [7, 11) is -0.545. The third kappa shape index (κ3) is 6.01. The molecule has 40 heavy (non-hydrogen) atoms. The van der Waals surface area contributed by atoms with Gasteiger partial charge in [0.15, 0.2) is 0 Å². The van der Waals surface area contributed by atoms with Crippen molar-refractivity contribution in [1.82, 2.24) is 10.2 Å². The molecule has 3 saturated carbocycles. The molecule has 0 radical (unpaired) electrons. The lowest BCUT2D eigenvalue weighted by atomic mass is 9.43. The zero-order chi connectivity index (χ0) is 28.9. The van der Waals surface area contributed by atoms with Crippen molar-refractivity contribution in [1.29, 1.82) is 0 Å². The number of carbonyl (C=O) groups is 2. The first-order chi connectivity index (χ1) is 18.7. The van der Waals surface area contributed by atoms with Crippen molar-refractivity contribution >= 4 is 19.3 Å². The molecule has 0 unspecified atom stereocenters. The minimum atomic E-state index is -0.545. The predicted molar refractivity (Wildman–Crippen MR) is 154 cm³/mol. The summed E-state index contributed by atoms with van der Waals surface area (Å²) in [6.45, 7) is 16.0. The molecule has 0 spiro atoms. The predicted octanol–water partition coefficient (Wildman–Crippen LogP) is 5.55. The van der Waals surface area contributed by atoms with E-state index in [9.17, 15) is 9.59 Å². The normalized spacial score (nSPS) is 31.6. The Hall–Kier alpha value is -2.26. The number of alkyl carbamates (subject to hydrolysis) is 1. The van der Waals surface area contributed by atoms with Crippen molar-refractivity contribution in [3.05, 3.63) is 35.4 Å². The smallest absolute Gasteiger partial charge is 0.449 e. The summed E-state index contributed by atoms with van der Waals surface area (Å²) in [4.78, 5) is 27.4. The third-order valence-corrected chi connectivity index (χ3v) is 9.80. The molecule has 2 amide bonds. The minimum Gasteiger partial charge on any atom is -0.449 e. The van der Waals surface area contributed by atoms with E-state index in [1.165, 1.54) is 12.0 Å². The summed E-state index contributed by atoms with van der Waals surface area (Å²) in [5.74, 6) is 0.780. The van der Waals surface area contributed by atoms with Gasteiger partial charge in [-0.1, -0.05) is 43.7 Å². The van der Waals surface area contributed by atoms with E-state index in [0.717, 1.165) is 24.8 Å². The van der Waals surface area contributed by atoms with Crippen LogP contribution in [0.2, 0.25) is 0 Å². The van der Waals surface area contributed by atoms with Crippen LogP contribution in [0.1, 0.15) is 78.4 Å². The van der Waals surface area contributed by atoms with E-state index in [2.05, 4.69) is 57.3 Å². The van der Waals surface area contributed by atoms with Crippen LogP contribution in [0, 0.1) is 30.1 Å². The second-order valence-corrected chi connectivity index (χ2v) is 14.3. The van der Waals surface area contributed by atoms with Gasteiger partial charge in [0.05, 0.1) is 24.3 Å². The molecule has 0 aromatic heterocycles. The number of carbonyl (C=O) groups excluding carboxylic acids is 2. The monoisotopic (exact) mass is 554 g/mol. The quantitative estimate of drug-likeness (QED) is 0.465. The Kier molecular flexibility index (Phi) is 7.94. The van der Waals surface area contributed by atoms with Crippen LogP contribution in [-0.2, 0) is 25.2 Å². The number of piperidine rings is 1. The van der Waals surface area contributed by atoms with Crippen LogP contribution in [0.3, 0.4) is 0 Å². The van der Waals surface area contributed by atoms with Gasteiger partial charge in [-0.05, 0) is 89.5 Å². The Morgan fingerprint density at radius 1 is 1.18 bits per heavy atom. The Morgan fingerprint density at radius 2 is 1.90 bits per heavy atom. The van der Waals surface area contributed by atoms with Gasteiger partial charge in [0.25, 0.3) is 0 Å². The molecule has 3 aliphatic carbocycles. The molecule has 6 rings (SSSR count). The second-order valence-electron chi connectivity index (χ2n) is 14.3. The first-order valence-corrected chi connectivity index (χ1v) is 15.0. The Morgan fingerprint density at radius 3 is 2.58 bits per heavy atom. The first-order valence-electron chi connectivity index (χ1n) is 15.0. The van der Waals surface area contributed by atoms with Gasteiger partial charge >= 0.3 is 19.3 Å². The summed E-state index contributed by atoms with van der Waals surface area (Å²) in [6.07, 6.45) is 3.74. The fourth-order valence-electron chi connectivity index (χ4n) is 7.34. The number of aryl methyl sites for hydroxylation is 1.